The maximum absolute atomic E-state index is 12.5. The Morgan fingerprint density at radius 2 is 2.00 bits per heavy atom. The van der Waals surface area contributed by atoms with Gasteiger partial charge in [-0.3, -0.25) is 9.35 Å². The van der Waals surface area contributed by atoms with Gasteiger partial charge >= 0.3 is 0 Å². The molecule has 0 aliphatic rings. The molecular weight excluding hydrogens is 354 g/mol. The fourth-order valence-electron chi connectivity index (χ4n) is 2.02. The Balaban J connectivity index is 1.93. The molecule has 2 aromatic heterocycles. The number of rotatable bonds is 4. The summed E-state index contributed by atoms with van der Waals surface area (Å²) in [6, 6.07) is 8.65. The van der Waals surface area contributed by atoms with E-state index in [4.69, 9.17) is 4.55 Å². The van der Waals surface area contributed by atoms with Crippen molar-refractivity contribution >= 4 is 38.6 Å². The lowest BCUT2D eigenvalue weighted by atomic mass is 10.0. The maximum Gasteiger partial charge on any atom is 0.295 e. The Bertz CT molecular complexity index is 986. The van der Waals surface area contributed by atoms with Crippen LogP contribution < -0.4 is 0 Å². The van der Waals surface area contributed by atoms with Gasteiger partial charge in [-0.1, -0.05) is 24.3 Å². The molecular formula is C15H11NO4S3. The second kappa shape index (κ2) is 5.97. The number of carbonyl (C=O) groups is 1. The molecule has 0 saturated heterocycles. The topological polar surface area (TPSA) is 84.3 Å². The number of nitrogens with zero attached hydrogens (tertiary/aromatic N) is 1. The molecule has 0 amide bonds. The highest BCUT2D eigenvalue weighted by atomic mass is 32.2. The highest BCUT2D eigenvalue weighted by Gasteiger charge is 2.18. The molecule has 0 fully saturated rings. The van der Waals surface area contributed by atoms with Crippen LogP contribution in [0.5, 0.6) is 0 Å². The van der Waals surface area contributed by atoms with Crippen LogP contribution in [-0.4, -0.2) is 23.7 Å². The molecule has 2 heterocycles. The lowest BCUT2D eigenvalue weighted by Gasteiger charge is -2.01. The van der Waals surface area contributed by atoms with E-state index < -0.39 is 10.1 Å². The first-order valence-corrected chi connectivity index (χ1v) is 9.62. The predicted octanol–water partition coefficient (Wildman–Crippen LogP) is 3.66. The van der Waals surface area contributed by atoms with Crippen molar-refractivity contribution in [3.63, 3.8) is 0 Å². The average Bonchev–Trinajstić information content (AvgIpc) is 3.15. The van der Waals surface area contributed by atoms with Crippen molar-refractivity contribution in [1.82, 2.24) is 4.98 Å². The molecule has 1 N–H and O–H groups in total. The Morgan fingerprint density at radius 1 is 1.26 bits per heavy atom. The normalized spacial score (nSPS) is 11.6. The number of hydrogen-bond donors (Lipinski definition) is 1. The van der Waals surface area contributed by atoms with Crippen molar-refractivity contribution in [3.8, 4) is 9.88 Å². The zero-order valence-electron chi connectivity index (χ0n) is 11.9. The molecule has 0 atom stereocenters. The number of aryl methyl sites for hydroxylation is 1. The van der Waals surface area contributed by atoms with E-state index in [-0.39, 0.29) is 10.7 Å². The monoisotopic (exact) mass is 365 g/mol. The number of benzene rings is 1. The molecule has 118 valence electrons. The van der Waals surface area contributed by atoms with Crippen molar-refractivity contribution in [3.05, 3.63) is 57.9 Å². The Kier molecular flexibility index (Phi) is 4.15. The maximum atomic E-state index is 12.5. The molecule has 0 bridgehead atoms. The van der Waals surface area contributed by atoms with Gasteiger partial charge in [-0.25, -0.2) is 4.98 Å². The van der Waals surface area contributed by atoms with Gasteiger partial charge < -0.3 is 0 Å². The standard InChI is InChI=1S/C15H11NO4S3/c1-9-4-2-3-5-11(9)14(17)13-7-16-15(22-13)12-6-10(8-21-12)23(18,19)20/h2-8H,1H3,(H,18,19,20). The van der Waals surface area contributed by atoms with Crippen molar-refractivity contribution in [2.45, 2.75) is 11.8 Å². The third kappa shape index (κ3) is 3.25. The lowest BCUT2D eigenvalue weighted by Crippen LogP contribution is -2.00. The fraction of sp³-hybridized carbons (Fsp3) is 0.0667. The van der Waals surface area contributed by atoms with Crippen LogP contribution in [0.15, 0.2) is 46.8 Å². The van der Waals surface area contributed by atoms with Gasteiger partial charge in [-0.2, -0.15) is 8.42 Å². The molecule has 23 heavy (non-hydrogen) atoms. The molecule has 1 aromatic carbocycles. The molecule has 0 spiro atoms. The molecule has 0 saturated carbocycles. The SMILES string of the molecule is Cc1ccccc1C(=O)c1cnc(-c2cc(S(=O)(=O)O)cs2)s1. The van der Waals surface area contributed by atoms with Crippen molar-refractivity contribution in [1.29, 1.82) is 0 Å². The summed E-state index contributed by atoms with van der Waals surface area (Å²) in [6.07, 6.45) is 1.49. The highest BCUT2D eigenvalue weighted by molar-refractivity contribution is 7.86. The van der Waals surface area contributed by atoms with Crippen LogP contribution in [0, 0.1) is 6.92 Å². The Morgan fingerprint density at radius 3 is 2.65 bits per heavy atom. The number of hydrogen-bond acceptors (Lipinski definition) is 6. The predicted molar refractivity (Wildman–Crippen MR) is 89.9 cm³/mol. The van der Waals surface area contributed by atoms with Crippen LogP contribution in [-0.2, 0) is 10.1 Å². The zero-order valence-corrected chi connectivity index (χ0v) is 14.3. The third-order valence-corrected chi connectivity index (χ3v) is 6.28. The van der Waals surface area contributed by atoms with Gasteiger partial charge in [0, 0.05) is 17.1 Å². The number of ketones is 1. The van der Waals surface area contributed by atoms with E-state index in [1.165, 1.54) is 29.0 Å². The van der Waals surface area contributed by atoms with Crippen LogP contribution in [0.1, 0.15) is 20.8 Å². The van der Waals surface area contributed by atoms with E-state index in [9.17, 15) is 13.2 Å². The summed E-state index contributed by atoms with van der Waals surface area (Å²) in [7, 11) is -4.23. The molecule has 0 aliphatic heterocycles. The second-order valence-electron chi connectivity index (χ2n) is 4.80. The quantitative estimate of drug-likeness (QED) is 0.563. The molecule has 8 heteroatoms. The summed E-state index contributed by atoms with van der Waals surface area (Å²) in [6.45, 7) is 1.87. The number of thiazole rings is 1. The summed E-state index contributed by atoms with van der Waals surface area (Å²) >= 11 is 2.35. The second-order valence-corrected chi connectivity index (χ2v) is 8.16. The molecule has 0 radical (unpaired) electrons. The van der Waals surface area contributed by atoms with Gasteiger partial charge in [0.15, 0.2) is 0 Å². The lowest BCUT2D eigenvalue weighted by molar-refractivity contribution is 0.104. The van der Waals surface area contributed by atoms with Crippen LogP contribution >= 0.6 is 22.7 Å². The minimum absolute atomic E-state index is 0.113. The van der Waals surface area contributed by atoms with Gasteiger partial charge in [-0.05, 0) is 18.6 Å². The van der Waals surface area contributed by atoms with Crippen molar-refractivity contribution in [2.24, 2.45) is 0 Å². The first-order valence-electron chi connectivity index (χ1n) is 6.49. The van der Waals surface area contributed by atoms with Gasteiger partial charge in [0.05, 0.1) is 9.75 Å². The largest absolute Gasteiger partial charge is 0.295 e. The highest BCUT2D eigenvalue weighted by Crippen LogP contribution is 2.33. The Labute approximate surface area is 141 Å². The van der Waals surface area contributed by atoms with E-state index in [0.29, 0.717) is 20.3 Å². The molecule has 3 aromatic rings. The van der Waals surface area contributed by atoms with Crippen LogP contribution in [0.3, 0.4) is 0 Å². The van der Waals surface area contributed by atoms with E-state index in [0.717, 1.165) is 16.9 Å². The van der Waals surface area contributed by atoms with Gasteiger partial charge in [0.1, 0.15) is 9.90 Å². The van der Waals surface area contributed by atoms with E-state index in [1.807, 2.05) is 19.1 Å². The minimum atomic E-state index is -4.23. The molecule has 0 unspecified atom stereocenters. The summed E-state index contributed by atoms with van der Waals surface area (Å²) in [5.74, 6) is -0.113. The number of carbonyl (C=O) groups excluding carboxylic acids is 1. The summed E-state index contributed by atoms with van der Waals surface area (Å²) < 4.78 is 31.2. The van der Waals surface area contributed by atoms with E-state index >= 15 is 0 Å². The smallest absolute Gasteiger partial charge is 0.288 e. The average molecular weight is 365 g/mol. The molecule has 3 rings (SSSR count). The van der Waals surface area contributed by atoms with E-state index in [2.05, 4.69) is 4.98 Å². The molecule has 5 nitrogen and oxygen atoms in total. The third-order valence-electron chi connectivity index (χ3n) is 3.20. The summed E-state index contributed by atoms with van der Waals surface area (Å²) in [5, 5.41) is 1.89. The summed E-state index contributed by atoms with van der Waals surface area (Å²) in [5.41, 5.74) is 1.50. The first kappa shape index (κ1) is 16.0. The Hall–Kier alpha value is -1.87. The zero-order chi connectivity index (χ0) is 16.6. The fourth-order valence-corrected chi connectivity index (χ4v) is 4.70. The van der Waals surface area contributed by atoms with Crippen LogP contribution in [0.4, 0.5) is 0 Å². The minimum Gasteiger partial charge on any atom is -0.288 e. The van der Waals surface area contributed by atoms with E-state index in [1.54, 1.807) is 12.1 Å². The van der Waals surface area contributed by atoms with Gasteiger partial charge in [0.2, 0.25) is 5.78 Å². The molecule has 0 aliphatic carbocycles. The van der Waals surface area contributed by atoms with Crippen molar-refractivity contribution < 1.29 is 17.8 Å². The van der Waals surface area contributed by atoms with Crippen LogP contribution in [0.2, 0.25) is 0 Å². The first-order chi connectivity index (χ1) is 10.9. The van der Waals surface area contributed by atoms with Crippen LogP contribution in [0.25, 0.3) is 9.88 Å². The number of thiophene rings is 1. The van der Waals surface area contributed by atoms with Gasteiger partial charge in [0.25, 0.3) is 10.1 Å². The summed E-state index contributed by atoms with van der Waals surface area (Å²) in [4.78, 5) is 17.6. The van der Waals surface area contributed by atoms with Gasteiger partial charge in [-0.15, -0.1) is 22.7 Å². The number of aromatic nitrogens is 1. The van der Waals surface area contributed by atoms with Crippen molar-refractivity contribution in [2.75, 3.05) is 0 Å².